The second kappa shape index (κ2) is 9.19. The van der Waals surface area contributed by atoms with Gasteiger partial charge in [0.15, 0.2) is 11.4 Å². The maximum Gasteiger partial charge on any atom is 0.356 e. The molecule has 3 aromatic rings. The van der Waals surface area contributed by atoms with Crippen LogP contribution < -0.4 is 4.74 Å². The third-order valence-corrected chi connectivity index (χ3v) is 5.65. The van der Waals surface area contributed by atoms with Gasteiger partial charge in [-0.2, -0.15) is 0 Å². The first-order valence-corrected chi connectivity index (χ1v) is 10.2. The number of hydrogen-bond acceptors (Lipinski definition) is 2. The van der Waals surface area contributed by atoms with Crippen LogP contribution in [-0.2, 0) is 6.54 Å². The summed E-state index contributed by atoms with van der Waals surface area (Å²) in [6, 6.07) is 14.6. The number of nitrogens with zero attached hydrogens (tertiary/aromatic N) is 1. The average molecular weight is 412 g/mol. The maximum atomic E-state index is 12.3. The lowest BCUT2D eigenvalue weighted by Gasteiger charge is -2.23. The Labute approximate surface area is 176 Å². The molecule has 2 atom stereocenters. The first-order valence-electron chi connectivity index (χ1n) is 9.85. The number of benzene rings is 2. The molecule has 5 heteroatoms. The summed E-state index contributed by atoms with van der Waals surface area (Å²) >= 11 is 6.23. The van der Waals surface area contributed by atoms with Crippen molar-refractivity contribution in [1.82, 2.24) is 4.57 Å². The first-order chi connectivity index (χ1) is 14.0. The zero-order valence-electron chi connectivity index (χ0n) is 16.8. The van der Waals surface area contributed by atoms with Gasteiger partial charge in [-0.25, -0.2) is 4.79 Å². The average Bonchev–Trinajstić information content (AvgIpc) is 2.99. The van der Waals surface area contributed by atoms with Crippen LogP contribution in [-0.4, -0.2) is 15.6 Å². The Hall–Kier alpha value is -2.72. The van der Waals surface area contributed by atoms with Gasteiger partial charge >= 0.3 is 5.97 Å². The van der Waals surface area contributed by atoms with Crippen LogP contribution in [0.25, 0.3) is 10.9 Å². The molecule has 0 fully saturated rings. The molecule has 0 saturated heterocycles. The minimum absolute atomic E-state index is 0.145. The van der Waals surface area contributed by atoms with Gasteiger partial charge in [0, 0.05) is 17.0 Å². The molecule has 29 heavy (non-hydrogen) atoms. The normalized spacial score (nSPS) is 13.2. The summed E-state index contributed by atoms with van der Waals surface area (Å²) < 4.78 is 7.91. The summed E-state index contributed by atoms with van der Waals surface area (Å²) in [7, 11) is 0. The smallest absolute Gasteiger partial charge is 0.356 e. The molecule has 1 N–H and O–H groups in total. The van der Waals surface area contributed by atoms with E-state index in [0.29, 0.717) is 34.4 Å². The number of carbonyl (C=O) groups is 1. The molecule has 1 heterocycles. The van der Waals surface area contributed by atoms with Gasteiger partial charge in [-0.05, 0) is 48.6 Å². The number of para-hydroxylation sites is 1. The van der Waals surface area contributed by atoms with Crippen LogP contribution in [0, 0.1) is 11.8 Å². The SMILES string of the molecule is C=CCC(CC)C(C)Cn1c(C(=O)O)c(Oc2ccccc2)c2cc(Cl)ccc21. The highest BCUT2D eigenvalue weighted by Crippen LogP contribution is 2.39. The van der Waals surface area contributed by atoms with Crippen LogP contribution in [0.5, 0.6) is 11.5 Å². The number of hydrogen-bond donors (Lipinski definition) is 1. The molecule has 0 aliphatic carbocycles. The van der Waals surface area contributed by atoms with E-state index in [-0.39, 0.29) is 11.6 Å². The van der Waals surface area contributed by atoms with Crippen molar-refractivity contribution in [1.29, 1.82) is 0 Å². The number of halogens is 1. The summed E-state index contributed by atoms with van der Waals surface area (Å²) in [6.07, 6.45) is 3.84. The van der Waals surface area contributed by atoms with Gasteiger partial charge in [0.1, 0.15) is 5.75 Å². The van der Waals surface area contributed by atoms with E-state index in [1.807, 2.05) is 34.9 Å². The molecular weight excluding hydrogens is 386 g/mol. The minimum Gasteiger partial charge on any atom is -0.476 e. The molecule has 4 nitrogen and oxygen atoms in total. The number of carboxylic acids is 1. The molecule has 152 valence electrons. The maximum absolute atomic E-state index is 12.3. The van der Waals surface area contributed by atoms with Crippen LogP contribution in [0.15, 0.2) is 61.2 Å². The number of aromatic nitrogens is 1. The Balaban J connectivity index is 2.14. The summed E-state index contributed by atoms with van der Waals surface area (Å²) in [6.45, 7) is 8.74. The summed E-state index contributed by atoms with van der Waals surface area (Å²) in [5.41, 5.74) is 0.949. The zero-order valence-corrected chi connectivity index (χ0v) is 17.5. The van der Waals surface area contributed by atoms with Gasteiger partial charge in [0.25, 0.3) is 0 Å². The second-order valence-corrected chi connectivity index (χ2v) is 7.78. The number of carboxylic acid groups (broad SMARTS) is 1. The summed E-state index contributed by atoms with van der Waals surface area (Å²) in [5.74, 6) is 0.585. The monoisotopic (exact) mass is 411 g/mol. The van der Waals surface area contributed by atoms with Gasteiger partial charge in [0.2, 0.25) is 0 Å². The molecule has 3 rings (SSSR count). The Morgan fingerprint density at radius 2 is 2.00 bits per heavy atom. The Kier molecular flexibility index (Phi) is 6.65. The van der Waals surface area contributed by atoms with Crippen LogP contribution in [0.3, 0.4) is 0 Å². The Bertz CT molecular complexity index is 1010. The van der Waals surface area contributed by atoms with Gasteiger partial charge in [-0.1, -0.05) is 56.1 Å². The fourth-order valence-corrected chi connectivity index (χ4v) is 4.03. The highest BCUT2D eigenvalue weighted by Gasteiger charge is 2.27. The molecule has 0 aliphatic rings. The fourth-order valence-electron chi connectivity index (χ4n) is 3.86. The van der Waals surface area contributed by atoms with Crippen molar-refractivity contribution in [3.05, 3.63) is 71.9 Å². The van der Waals surface area contributed by atoms with Gasteiger partial charge in [-0.15, -0.1) is 6.58 Å². The molecular formula is C24H26ClNO3. The molecule has 0 radical (unpaired) electrons. The minimum atomic E-state index is -1.02. The summed E-state index contributed by atoms with van der Waals surface area (Å²) in [4.78, 5) is 12.3. The third-order valence-electron chi connectivity index (χ3n) is 5.41. The number of aromatic carboxylic acids is 1. The van der Waals surface area contributed by atoms with E-state index in [2.05, 4.69) is 20.4 Å². The lowest BCUT2D eigenvalue weighted by Crippen LogP contribution is -2.20. The fraction of sp³-hybridized carbons (Fsp3) is 0.292. The molecule has 0 aliphatic heterocycles. The van der Waals surface area contributed by atoms with Gasteiger partial charge in [-0.3, -0.25) is 0 Å². The van der Waals surface area contributed by atoms with Crippen molar-refractivity contribution in [2.75, 3.05) is 0 Å². The highest BCUT2D eigenvalue weighted by atomic mass is 35.5. The van der Waals surface area contributed by atoms with E-state index in [1.54, 1.807) is 24.3 Å². The molecule has 0 bridgehead atoms. The predicted molar refractivity (Wildman–Crippen MR) is 118 cm³/mol. The van der Waals surface area contributed by atoms with Crippen LogP contribution in [0.2, 0.25) is 5.02 Å². The number of allylic oxidation sites excluding steroid dienone is 1. The largest absolute Gasteiger partial charge is 0.476 e. The van der Waals surface area contributed by atoms with Crippen LogP contribution in [0.1, 0.15) is 37.2 Å². The van der Waals surface area contributed by atoms with Crippen molar-refractivity contribution in [2.24, 2.45) is 11.8 Å². The van der Waals surface area contributed by atoms with Crippen molar-refractivity contribution in [2.45, 2.75) is 33.2 Å². The quantitative estimate of drug-likeness (QED) is 0.385. The highest BCUT2D eigenvalue weighted by molar-refractivity contribution is 6.31. The Morgan fingerprint density at radius 3 is 2.62 bits per heavy atom. The predicted octanol–water partition coefficient (Wildman–Crippen LogP) is 7.02. The number of rotatable bonds is 9. The van der Waals surface area contributed by atoms with E-state index >= 15 is 0 Å². The van der Waals surface area contributed by atoms with E-state index in [4.69, 9.17) is 16.3 Å². The lowest BCUT2D eigenvalue weighted by atomic mass is 9.88. The van der Waals surface area contributed by atoms with Gasteiger partial charge in [0.05, 0.1) is 5.52 Å². The van der Waals surface area contributed by atoms with Crippen LogP contribution >= 0.6 is 11.6 Å². The summed E-state index contributed by atoms with van der Waals surface area (Å²) in [5, 5.41) is 11.3. The molecule has 0 spiro atoms. The van der Waals surface area contributed by atoms with Crippen molar-refractivity contribution >= 4 is 28.5 Å². The standard InChI is InChI=1S/C24H26ClNO3/c1-4-9-17(5-2)16(3)15-26-21-13-12-18(25)14-20(21)23(22(26)24(27)28)29-19-10-7-6-8-11-19/h4,6-8,10-14,16-17H,1,5,9,15H2,2-3H3,(H,27,28). The van der Waals surface area contributed by atoms with E-state index in [1.165, 1.54) is 0 Å². The number of ether oxygens (including phenoxy) is 1. The second-order valence-electron chi connectivity index (χ2n) is 7.34. The third kappa shape index (κ3) is 4.48. The van der Waals surface area contributed by atoms with Crippen molar-refractivity contribution < 1.29 is 14.6 Å². The van der Waals surface area contributed by atoms with E-state index in [0.717, 1.165) is 18.4 Å². The molecule has 0 saturated carbocycles. The molecule has 0 amide bonds. The zero-order chi connectivity index (χ0) is 21.0. The van der Waals surface area contributed by atoms with Crippen molar-refractivity contribution in [3.63, 3.8) is 0 Å². The van der Waals surface area contributed by atoms with E-state index in [9.17, 15) is 9.90 Å². The van der Waals surface area contributed by atoms with Gasteiger partial charge < -0.3 is 14.4 Å². The molecule has 1 aromatic heterocycles. The van der Waals surface area contributed by atoms with Crippen molar-refractivity contribution in [3.8, 4) is 11.5 Å². The lowest BCUT2D eigenvalue weighted by molar-refractivity contribution is 0.0681. The van der Waals surface area contributed by atoms with Crippen LogP contribution in [0.4, 0.5) is 0 Å². The topological polar surface area (TPSA) is 51.5 Å². The number of fused-ring (bicyclic) bond motifs is 1. The molecule has 2 aromatic carbocycles. The van der Waals surface area contributed by atoms with E-state index < -0.39 is 5.97 Å². The first kappa shape index (κ1) is 21.0. The Morgan fingerprint density at radius 1 is 1.28 bits per heavy atom. The molecule has 2 unspecified atom stereocenters.